The van der Waals surface area contributed by atoms with Gasteiger partial charge in [0, 0.05) is 18.2 Å². The fraction of sp³-hybridized carbons (Fsp3) is 0.0606. The molecule has 43 heavy (non-hydrogen) atoms. The summed E-state index contributed by atoms with van der Waals surface area (Å²) in [6.07, 6.45) is 1.51. The Morgan fingerprint density at radius 1 is 0.860 bits per heavy atom. The zero-order chi connectivity index (χ0) is 30.1. The van der Waals surface area contributed by atoms with Gasteiger partial charge in [-0.05, 0) is 81.3 Å². The number of carbonyl (C=O) groups is 3. The highest BCUT2D eigenvalue weighted by Gasteiger charge is 2.35. The van der Waals surface area contributed by atoms with Gasteiger partial charge in [0.05, 0.1) is 11.4 Å². The lowest BCUT2D eigenvalue weighted by molar-refractivity contribution is -0.123. The van der Waals surface area contributed by atoms with Crippen LogP contribution in [0.5, 0.6) is 5.75 Å². The van der Waals surface area contributed by atoms with Crippen LogP contribution < -0.4 is 9.50 Å². The van der Waals surface area contributed by atoms with Crippen molar-refractivity contribution in [2.45, 2.75) is 18.4 Å². The number of imide groups is 1. The number of carbonyl (C=O) groups excluding carboxylic acids is 3. The van der Waals surface area contributed by atoms with Gasteiger partial charge in [-0.25, -0.2) is 0 Å². The normalized spacial score (nSPS) is 14.5. The predicted octanol–water partition coefficient (Wildman–Crippen LogP) is 6.96. The molecule has 0 spiro atoms. The molecule has 0 bridgehead atoms. The van der Waals surface area contributed by atoms with Crippen LogP contribution in [0.2, 0.25) is 0 Å². The molecule has 0 aliphatic carbocycles. The summed E-state index contributed by atoms with van der Waals surface area (Å²) in [5.74, 6) is -0.751. The van der Waals surface area contributed by atoms with E-state index in [2.05, 4.69) is 5.32 Å². The molecule has 1 aliphatic rings. The van der Waals surface area contributed by atoms with E-state index in [1.54, 1.807) is 18.2 Å². The van der Waals surface area contributed by atoms with Gasteiger partial charge in [-0.1, -0.05) is 66.7 Å². The first kappa shape index (κ1) is 28.2. The third kappa shape index (κ3) is 5.88. The van der Waals surface area contributed by atoms with Crippen LogP contribution in [-0.2, 0) is 26.3 Å². The van der Waals surface area contributed by atoms with Crippen molar-refractivity contribution in [3.8, 4) is 5.75 Å². The Labute approximate surface area is 252 Å². The van der Waals surface area contributed by atoms with Gasteiger partial charge in [0.2, 0.25) is 5.91 Å². The smallest absolute Gasteiger partial charge is 0.339 e. The van der Waals surface area contributed by atoms with E-state index in [0.29, 0.717) is 16.6 Å². The number of hydrogen-bond donors (Lipinski definition) is 1. The minimum absolute atomic E-state index is 0.00552. The maximum Gasteiger partial charge on any atom is 0.339 e. The minimum Gasteiger partial charge on any atom is -0.378 e. The van der Waals surface area contributed by atoms with Crippen molar-refractivity contribution in [2.75, 3.05) is 5.32 Å². The molecule has 1 saturated heterocycles. The minimum atomic E-state index is -4.29. The van der Waals surface area contributed by atoms with E-state index < -0.39 is 21.3 Å². The van der Waals surface area contributed by atoms with Crippen LogP contribution in [0, 0.1) is 0 Å². The van der Waals surface area contributed by atoms with Gasteiger partial charge in [-0.15, -0.1) is 0 Å². The van der Waals surface area contributed by atoms with Gasteiger partial charge in [0.15, 0.2) is 5.75 Å². The maximum absolute atomic E-state index is 13.5. The summed E-state index contributed by atoms with van der Waals surface area (Å²) in [6, 6.07) is 29.8. The fourth-order valence-electron chi connectivity index (χ4n) is 4.86. The van der Waals surface area contributed by atoms with Gasteiger partial charge in [-0.2, -0.15) is 8.42 Å². The number of rotatable bonds is 7. The first-order valence-electron chi connectivity index (χ1n) is 13.2. The van der Waals surface area contributed by atoms with Crippen LogP contribution in [0.3, 0.4) is 0 Å². The zero-order valence-corrected chi connectivity index (χ0v) is 24.4. The second-order valence-corrected chi connectivity index (χ2v) is 12.4. The van der Waals surface area contributed by atoms with E-state index in [9.17, 15) is 22.8 Å². The number of nitrogens with zero attached hydrogens (tertiary/aromatic N) is 1. The SMILES string of the molecule is CC(=O)Nc1ccc(S(=O)(=O)Oc2ccc3ccccc3c2/C=C2\SC(=O)N(Cc3ccc4ccccc4c3)C2=O)cc1. The molecule has 10 heteroatoms. The number of fused-ring (bicyclic) bond motifs is 2. The van der Waals surface area contributed by atoms with Crippen LogP contribution in [0.25, 0.3) is 27.6 Å². The van der Waals surface area contributed by atoms with Crippen molar-refractivity contribution in [3.63, 3.8) is 0 Å². The van der Waals surface area contributed by atoms with Gasteiger partial charge in [0.25, 0.3) is 11.1 Å². The molecule has 5 aromatic carbocycles. The van der Waals surface area contributed by atoms with E-state index in [0.717, 1.165) is 33.5 Å². The van der Waals surface area contributed by atoms with Gasteiger partial charge < -0.3 is 9.50 Å². The molecule has 0 unspecified atom stereocenters. The molecule has 6 rings (SSSR count). The summed E-state index contributed by atoms with van der Waals surface area (Å²) >= 11 is 0.797. The monoisotopic (exact) mass is 608 g/mol. The zero-order valence-electron chi connectivity index (χ0n) is 22.8. The first-order valence-corrected chi connectivity index (χ1v) is 15.5. The maximum atomic E-state index is 13.5. The van der Waals surface area contributed by atoms with Crippen LogP contribution in [0.1, 0.15) is 18.1 Å². The summed E-state index contributed by atoms with van der Waals surface area (Å²) in [7, 11) is -4.29. The summed E-state index contributed by atoms with van der Waals surface area (Å²) in [5.41, 5.74) is 1.61. The standard InChI is InChI=1S/C33H24N2O6S2/c1-21(36)34-26-13-15-27(16-14-26)43(39,40)41-30-17-12-24-7-4-5-9-28(24)29(30)19-31-32(37)35(33(38)42-31)20-22-10-11-23-6-2-3-8-25(23)18-22/h2-19H,20H2,1H3,(H,34,36)/b31-19-. The molecule has 1 aliphatic heterocycles. The van der Waals surface area contributed by atoms with Crippen LogP contribution in [-0.4, -0.2) is 30.4 Å². The summed E-state index contributed by atoms with van der Waals surface area (Å²) in [4.78, 5) is 39.0. The van der Waals surface area contributed by atoms with E-state index in [4.69, 9.17) is 4.18 Å². The van der Waals surface area contributed by atoms with E-state index in [1.807, 2.05) is 54.6 Å². The van der Waals surface area contributed by atoms with E-state index >= 15 is 0 Å². The Bertz CT molecular complexity index is 2070. The molecule has 8 nitrogen and oxygen atoms in total. The summed E-state index contributed by atoms with van der Waals surface area (Å²) in [5, 5.41) is 5.68. The molecular formula is C33H24N2O6S2. The third-order valence-corrected chi connectivity index (χ3v) is 9.05. The molecular weight excluding hydrogens is 585 g/mol. The van der Waals surface area contributed by atoms with Crippen molar-refractivity contribution >= 4 is 72.2 Å². The number of nitrogens with one attached hydrogen (secondary N) is 1. The van der Waals surface area contributed by atoms with Crippen LogP contribution in [0.4, 0.5) is 10.5 Å². The molecule has 1 N–H and O–H groups in total. The molecule has 214 valence electrons. The lowest BCUT2D eigenvalue weighted by Crippen LogP contribution is -2.27. The molecule has 0 radical (unpaired) electrons. The average molecular weight is 609 g/mol. The lowest BCUT2D eigenvalue weighted by Gasteiger charge is -2.14. The Morgan fingerprint density at radius 3 is 2.28 bits per heavy atom. The average Bonchev–Trinajstić information content (AvgIpc) is 3.25. The number of thioether (sulfide) groups is 1. The number of anilines is 1. The molecule has 1 heterocycles. The second-order valence-electron chi connectivity index (χ2n) is 9.89. The van der Waals surface area contributed by atoms with E-state index in [1.165, 1.54) is 48.2 Å². The van der Waals surface area contributed by atoms with E-state index in [-0.39, 0.29) is 28.0 Å². The molecule has 5 aromatic rings. The predicted molar refractivity (Wildman–Crippen MR) is 168 cm³/mol. The second kappa shape index (κ2) is 11.4. The molecule has 0 atom stereocenters. The first-order chi connectivity index (χ1) is 20.7. The van der Waals surface area contributed by atoms with Gasteiger partial charge in [-0.3, -0.25) is 19.3 Å². The van der Waals surface area contributed by atoms with Crippen molar-refractivity contribution < 1.29 is 27.0 Å². The summed E-state index contributed by atoms with van der Waals surface area (Å²) in [6.45, 7) is 1.46. The summed E-state index contributed by atoms with van der Waals surface area (Å²) < 4.78 is 32.1. The molecule has 1 fully saturated rings. The number of hydrogen-bond acceptors (Lipinski definition) is 7. The highest BCUT2D eigenvalue weighted by Crippen LogP contribution is 2.38. The Kier molecular flexibility index (Phi) is 7.47. The van der Waals surface area contributed by atoms with Gasteiger partial charge in [0.1, 0.15) is 4.90 Å². The van der Waals surface area contributed by atoms with Crippen LogP contribution >= 0.6 is 11.8 Å². The number of benzene rings is 5. The van der Waals surface area contributed by atoms with Gasteiger partial charge >= 0.3 is 10.1 Å². The Morgan fingerprint density at radius 2 is 1.53 bits per heavy atom. The van der Waals surface area contributed by atoms with Crippen molar-refractivity contribution in [1.82, 2.24) is 4.90 Å². The molecule has 0 aromatic heterocycles. The van der Waals surface area contributed by atoms with Crippen molar-refractivity contribution in [1.29, 1.82) is 0 Å². The van der Waals surface area contributed by atoms with Crippen LogP contribution in [0.15, 0.2) is 113 Å². The largest absolute Gasteiger partial charge is 0.378 e. The quantitative estimate of drug-likeness (QED) is 0.157. The highest BCUT2D eigenvalue weighted by atomic mass is 32.2. The third-order valence-electron chi connectivity index (χ3n) is 6.90. The Balaban J connectivity index is 1.33. The van der Waals surface area contributed by atoms with Crippen molar-refractivity contribution in [3.05, 3.63) is 119 Å². The lowest BCUT2D eigenvalue weighted by atomic mass is 10.0. The highest BCUT2D eigenvalue weighted by molar-refractivity contribution is 8.18. The van der Waals surface area contributed by atoms with Crippen molar-refractivity contribution in [2.24, 2.45) is 0 Å². The fourth-order valence-corrected chi connectivity index (χ4v) is 6.63. The number of amides is 3. The molecule has 3 amide bonds. The topological polar surface area (TPSA) is 110 Å². The molecule has 0 saturated carbocycles. The Hall–Kier alpha value is -4.93.